The van der Waals surface area contributed by atoms with Crippen LogP contribution in [0.2, 0.25) is 0 Å². The molecule has 19 heavy (non-hydrogen) atoms. The van der Waals surface area contributed by atoms with Gasteiger partial charge in [0.25, 0.3) is 5.91 Å². The summed E-state index contributed by atoms with van der Waals surface area (Å²) in [5.41, 5.74) is 10.7. The first-order valence-corrected chi connectivity index (χ1v) is 6.09. The van der Waals surface area contributed by atoms with E-state index < -0.39 is 5.91 Å². The number of hydrogen-bond donors (Lipinski definition) is 2. The highest BCUT2D eigenvalue weighted by Gasteiger charge is 2.13. The number of H-pyrrole nitrogens is 1. The number of rotatable bonds is 3. The van der Waals surface area contributed by atoms with E-state index in [0.29, 0.717) is 5.56 Å². The van der Waals surface area contributed by atoms with Gasteiger partial charge < -0.3 is 15.5 Å². The Morgan fingerprint density at radius 1 is 1.16 bits per heavy atom. The lowest BCUT2D eigenvalue weighted by Crippen LogP contribution is -2.10. The lowest BCUT2D eigenvalue weighted by atomic mass is 10.0. The maximum absolute atomic E-state index is 11.3. The van der Waals surface area contributed by atoms with Crippen LogP contribution >= 0.6 is 0 Å². The van der Waals surface area contributed by atoms with Gasteiger partial charge >= 0.3 is 0 Å². The number of methoxy groups -OCH3 is 1. The van der Waals surface area contributed by atoms with Gasteiger partial charge in [0, 0.05) is 17.0 Å². The lowest BCUT2D eigenvalue weighted by molar-refractivity contribution is 0.1000. The fourth-order valence-corrected chi connectivity index (χ4v) is 2.26. The van der Waals surface area contributed by atoms with Crippen LogP contribution in [0.4, 0.5) is 0 Å². The molecule has 0 unspecified atom stereocenters. The molecule has 2 rings (SSSR count). The highest BCUT2D eigenvalue weighted by molar-refractivity contribution is 5.95. The fourth-order valence-electron chi connectivity index (χ4n) is 2.26. The number of hydrogen-bond acceptors (Lipinski definition) is 2. The zero-order valence-corrected chi connectivity index (χ0v) is 11.6. The van der Waals surface area contributed by atoms with Gasteiger partial charge in [-0.25, -0.2) is 0 Å². The smallest absolute Gasteiger partial charge is 0.250 e. The SMILES string of the molecule is COc1cc(C)c(-c2cc(C(N)=O)c(C)[nH]2)cc1C. The number of nitrogens with two attached hydrogens (primary N) is 1. The molecule has 2 aromatic rings. The molecule has 0 aliphatic heterocycles. The van der Waals surface area contributed by atoms with Crippen LogP contribution in [-0.2, 0) is 0 Å². The average molecular weight is 258 g/mol. The molecule has 0 fully saturated rings. The third-order valence-corrected chi connectivity index (χ3v) is 3.31. The number of benzene rings is 1. The molecule has 0 saturated heterocycles. The summed E-state index contributed by atoms with van der Waals surface area (Å²) in [7, 11) is 1.66. The van der Waals surface area contributed by atoms with E-state index in [1.807, 2.05) is 32.9 Å². The van der Waals surface area contributed by atoms with E-state index in [1.165, 1.54) is 0 Å². The molecule has 0 aliphatic rings. The van der Waals surface area contributed by atoms with Gasteiger partial charge in [-0.2, -0.15) is 0 Å². The molecule has 3 N–H and O–H groups in total. The van der Waals surface area contributed by atoms with Crippen LogP contribution in [0, 0.1) is 20.8 Å². The minimum absolute atomic E-state index is 0.414. The van der Waals surface area contributed by atoms with Crippen molar-refractivity contribution in [2.75, 3.05) is 7.11 Å². The second kappa shape index (κ2) is 4.80. The average Bonchev–Trinajstić information content (AvgIpc) is 2.73. The quantitative estimate of drug-likeness (QED) is 0.888. The van der Waals surface area contributed by atoms with Gasteiger partial charge in [0.05, 0.1) is 12.7 Å². The Kier molecular flexibility index (Phi) is 3.34. The Balaban J connectivity index is 2.56. The van der Waals surface area contributed by atoms with Crippen molar-refractivity contribution >= 4 is 5.91 Å². The van der Waals surface area contributed by atoms with Crippen molar-refractivity contribution in [3.8, 4) is 17.0 Å². The van der Waals surface area contributed by atoms with Crippen LogP contribution in [0.25, 0.3) is 11.3 Å². The van der Waals surface area contributed by atoms with Crippen LogP contribution < -0.4 is 10.5 Å². The van der Waals surface area contributed by atoms with Crippen molar-refractivity contribution < 1.29 is 9.53 Å². The molecule has 0 saturated carbocycles. The molecular weight excluding hydrogens is 240 g/mol. The molecular formula is C15H18N2O2. The highest BCUT2D eigenvalue weighted by atomic mass is 16.5. The van der Waals surface area contributed by atoms with E-state index in [0.717, 1.165) is 33.8 Å². The largest absolute Gasteiger partial charge is 0.496 e. The predicted molar refractivity (Wildman–Crippen MR) is 75.5 cm³/mol. The zero-order chi connectivity index (χ0) is 14.2. The third-order valence-electron chi connectivity index (χ3n) is 3.31. The highest BCUT2D eigenvalue weighted by Crippen LogP contribution is 2.30. The van der Waals surface area contributed by atoms with Gasteiger partial charge in [0.2, 0.25) is 0 Å². The first kappa shape index (κ1) is 13.2. The molecule has 1 aromatic heterocycles. The fraction of sp³-hybridized carbons (Fsp3) is 0.267. The Morgan fingerprint density at radius 2 is 1.84 bits per heavy atom. The number of ether oxygens (including phenoxy) is 1. The van der Waals surface area contributed by atoms with E-state index in [9.17, 15) is 4.79 Å². The second-order valence-electron chi connectivity index (χ2n) is 4.72. The predicted octanol–water partition coefficient (Wildman–Crippen LogP) is 2.71. The topological polar surface area (TPSA) is 68.1 Å². The second-order valence-corrected chi connectivity index (χ2v) is 4.72. The van der Waals surface area contributed by atoms with E-state index in [1.54, 1.807) is 13.2 Å². The summed E-state index contributed by atoms with van der Waals surface area (Å²) in [6.45, 7) is 5.85. The van der Waals surface area contributed by atoms with Crippen molar-refractivity contribution in [3.05, 3.63) is 40.6 Å². The van der Waals surface area contributed by atoms with Gasteiger partial charge in [0.1, 0.15) is 5.75 Å². The van der Waals surface area contributed by atoms with Gasteiger partial charge in [-0.1, -0.05) is 0 Å². The van der Waals surface area contributed by atoms with Gasteiger partial charge in [-0.05, 0) is 50.1 Å². The van der Waals surface area contributed by atoms with Crippen molar-refractivity contribution in [2.24, 2.45) is 5.73 Å². The minimum atomic E-state index is -0.414. The van der Waals surface area contributed by atoms with E-state index in [-0.39, 0.29) is 0 Å². The number of carbonyl (C=O) groups is 1. The first-order chi connectivity index (χ1) is 8.93. The number of aromatic amines is 1. The Labute approximate surface area is 112 Å². The molecule has 0 spiro atoms. The molecule has 0 aliphatic carbocycles. The van der Waals surface area contributed by atoms with E-state index >= 15 is 0 Å². The van der Waals surface area contributed by atoms with Crippen LogP contribution in [0.15, 0.2) is 18.2 Å². The molecule has 0 radical (unpaired) electrons. The third kappa shape index (κ3) is 2.34. The van der Waals surface area contributed by atoms with E-state index in [2.05, 4.69) is 4.98 Å². The van der Waals surface area contributed by atoms with Gasteiger partial charge in [-0.15, -0.1) is 0 Å². The lowest BCUT2D eigenvalue weighted by Gasteiger charge is -2.10. The first-order valence-electron chi connectivity index (χ1n) is 6.09. The van der Waals surface area contributed by atoms with Crippen molar-refractivity contribution in [1.29, 1.82) is 0 Å². The standard InChI is InChI=1S/C15H18N2O2/c1-8-6-14(19-4)9(2)5-11(8)13-7-12(15(16)18)10(3)17-13/h5-7,17H,1-4H3,(H2,16,18). The van der Waals surface area contributed by atoms with Crippen LogP contribution in [0.1, 0.15) is 27.2 Å². The number of aromatic nitrogens is 1. The van der Waals surface area contributed by atoms with E-state index in [4.69, 9.17) is 10.5 Å². The summed E-state index contributed by atoms with van der Waals surface area (Å²) in [4.78, 5) is 14.5. The summed E-state index contributed by atoms with van der Waals surface area (Å²) in [5, 5.41) is 0. The molecule has 4 heteroatoms. The van der Waals surface area contributed by atoms with Crippen molar-refractivity contribution in [3.63, 3.8) is 0 Å². The normalized spacial score (nSPS) is 10.5. The molecule has 1 amide bonds. The maximum Gasteiger partial charge on any atom is 0.250 e. The Hall–Kier alpha value is -2.23. The summed E-state index contributed by atoms with van der Waals surface area (Å²) < 4.78 is 5.30. The van der Waals surface area contributed by atoms with Crippen molar-refractivity contribution in [1.82, 2.24) is 4.98 Å². The molecule has 1 heterocycles. The maximum atomic E-state index is 11.3. The molecule has 4 nitrogen and oxygen atoms in total. The summed E-state index contributed by atoms with van der Waals surface area (Å²) in [5.74, 6) is 0.447. The Morgan fingerprint density at radius 3 is 2.37 bits per heavy atom. The Bertz CT molecular complexity index is 642. The number of primary amides is 1. The number of aryl methyl sites for hydroxylation is 3. The molecule has 0 bridgehead atoms. The summed E-state index contributed by atoms with van der Waals surface area (Å²) in [6, 6.07) is 5.83. The van der Waals surface area contributed by atoms with Gasteiger partial charge in [-0.3, -0.25) is 4.79 Å². The monoisotopic (exact) mass is 258 g/mol. The zero-order valence-electron chi connectivity index (χ0n) is 11.6. The molecule has 0 atom stereocenters. The van der Waals surface area contributed by atoms with Crippen LogP contribution in [0.5, 0.6) is 5.75 Å². The van der Waals surface area contributed by atoms with Crippen molar-refractivity contribution in [2.45, 2.75) is 20.8 Å². The van der Waals surface area contributed by atoms with Crippen LogP contribution in [0.3, 0.4) is 0 Å². The number of carbonyl (C=O) groups excluding carboxylic acids is 1. The molecule has 1 aromatic carbocycles. The summed E-state index contributed by atoms with van der Waals surface area (Å²) in [6.07, 6.45) is 0. The number of amides is 1. The minimum Gasteiger partial charge on any atom is -0.496 e. The van der Waals surface area contributed by atoms with Gasteiger partial charge in [0.15, 0.2) is 0 Å². The summed E-state index contributed by atoms with van der Waals surface area (Å²) >= 11 is 0. The van der Waals surface area contributed by atoms with Crippen LogP contribution in [-0.4, -0.2) is 18.0 Å². The molecule has 100 valence electrons. The number of nitrogens with one attached hydrogen (secondary N) is 1.